The lowest BCUT2D eigenvalue weighted by Crippen LogP contribution is -2.55. The molecule has 1 fully saturated rings. The Kier molecular flexibility index (Phi) is 3.07. The number of carboxylic acid groups (broad SMARTS) is 1. The second kappa shape index (κ2) is 4.68. The van der Waals surface area contributed by atoms with Crippen molar-refractivity contribution in [1.29, 1.82) is 0 Å². The lowest BCUT2D eigenvalue weighted by Gasteiger charge is -2.44. The maximum Gasteiger partial charge on any atom is 0.326 e. The number of aliphatic carboxylic acids is 1. The third-order valence-electron chi connectivity index (χ3n) is 4.16. The number of nitrogens with zero attached hydrogens (tertiary/aromatic N) is 5. The molecule has 3 heterocycles. The van der Waals surface area contributed by atoms with Crippen molar-refractivity contribution in [2.75, 3.05) is 11.4 Å². The zero-order valence-electron chi connectivity index (χ0n) is 12.4. The molecule has 3 rings (SSSR count). The number of aryl methyl sites for hydroxylation is 1. The predicted molar refractivity (Wildman–Crippen MR) is 77.3 cm³/mol. The van der Waals surface area contributed by atoms with Crippen LogP contribution in [0.5, 0.6) is 0 Å². The fraction of sp³-hybridized carbons (Fsp3) is 0.571. The van der Waals surface area contributed by atoms with Crippen molar-refractivity contribution < 1.29 is 9.90 Å². The van der Waals surface area contributed by atoms with Gasteiger partial charge in [-0.3, -0.25) is 0 Å². The summed E-state index contributed by atoms with van der Waals surface area (Å²) < 4.78 is 1.62. The van der Waals surface area contributed by atoms with E-state index in [0.717, 1.165) is 24.4 Å². The molecule has 0 bridgehead atoms. The first kappa shape index (κ1) is 13.8. The Labute approximate surface area is 122 Å². The van der Waals surface area contributed by atoms with Crippen LogP contribution in [0.2, 0.25) is 0 Å². The van der Waals surface area contributed by atoms with Crippen molar-refractivity contribution in [1.82, 2.24) is 19.6 Å². The van der Waals surface area contributed by atoms with E-state index in [9.17, 15) is 9.90 Å². The van der Waals surface area contributed by atoms with Gasteiger partial charge < -0.3 is 10.0 Å². The maximum atomic E-state index is 11.8. The van der Waals surface area contributed by atoms with Crippen molar-refractivity contribution in [2.45, 2.75) is 39.7 Å². The van der Waals surface area contributed by atoms with Gasteiger partial charge in [-0.05, 0) is 25.2 Å². The Morgan fingerprint density at radius 1 is 1.48 bits per heavy atom. The van der Waals surface area contributed by atoms with E-state index in [1.807, 2.05) is 31.7 Å². The third kappa shape index (κ3) is 2.22. The van der Waals surface area contributed by atoms with Gasteiger partial charge in [0.05, 0.1) is 0 Å². The van der Waals surface area contributed by atoms with Crippen molar-refractivity contribution >= 4 is 17.6 Å². The molecule has 1 unspecified atom stereocenters. The van der Waals surface area contributed by atoms with E-state index in [2.05, 4.69) is 15.1 Å². The normalized spacial score (nSPS) is 21.7. The maximum absolute atomic E-state index is 11.8. The van der Waals surface area contributed by atoms with Crippen LogP contribution in [0, 0.1) is 12.3 Å². The van der Waals surface area contributed by atoms with Gasteiger partial charge in [0.15, 0.2) is 0 Å². The van der Waals surface area contributed by atoms with Crippen LogP contribution in [0.15, 0.2) is 12.4 Å². The number of hydrogen-bond donors (Lipinski definition) is 1. The van der Waals surface area contributed by atoms with Crippen LogP contribution in [0.4, 0.5) is 5.82 Å². The second-order valence-corrected chi connectivity index (χ2v) is 6.25. The average molecular weight is 289 g/mol. The topological polar surface area (TPSA) is 83.6 Å². The van der Waals surface area contributed by atoms with Gasteiger partial charge in [0.25, 0.3) is 5.78 Å². The van der Waals surface area contributed by atoms with Gasteiger partial charge in [-0.2, -0.15) is 14.6 Å². The summed E-state index contributed by atoms with van der Waals surface area (Å²) in [4.78, 5) is 22.1. The number of anilines is 1. The summed E-state index contributed by atoms with van der Waals surface area (Å²) in [6.45, 7) is 6.58. The van der Waals surface area contributed by atoms with E-state index in [1.165, 1.54) is 6.33 Å². The van der Waals surface area contributed by atoms with Crippen LogP contribution in [0.1, 0.15) is 32.4 Å². The molecule has 21 heavy (non-hydrogen) atoms. The predicted octanol–water partition coefficient (Wildman–Crippen LogP) is 1.51. The number of carboxylic acids is 1. The summed E-state index contributed by atoms with van der Waals surface area (Å²) in [5.41, 5.74) is 0.506. The summed E-state index contributed by atoms with van der Waals surface area (Å²) in [6, 6.07) is 1.29. The second-order valence-electron chi connectivity index (χ2n) is 6.25. The van der Waals surface area contributed by atoms with Gasteiger partial charge in [-0.25, -0.2) is 9.78 Å². The Balaban J connectivity index is 2.15. The molecular formula is C14H19N5O2. The highest BCUT2D eigenvalue weighted by Gasteiger charge is 2.43. The molecule has 0 spiro atoms. The number of hydrogen-bond acceptors (Lipinski definition) is 5. The zero-order valence-corrected chi connectivity index (χ0v) is 12.4. The Hall–Kier alpha value is -2.18. The van der Waals surface area contributed by atoms with Gasteiger partial charge in [-0.15, -0.1) is 0 Å². The first-order chi connectivity index (χ1) is 9.90. The lowest BCUT2D eigenvalue weighted by molar-refractivity contribution is -0.142. The summed E-state index contributed by atoms with van der Waals surface area (Å²) >= 11 is 0. The zero-order chi connectivity index (χ0) is 15.2. The highest BCUT2D eigenvalue weighted by Crippen LogP contribution is 2.37. The minimum Gasteiger partial charge on any atom is -0.480 e. The molecule has 7 nitrogen and oxygen atoms in total. The van der Waals surface area contributed by atoms with E-state index in [1.54, 1.807) is 4.52 Å². The number of piperidine rings is 1. The van der Waals surface area contributed by atoms with Gasteiger partial charge in [-0.1, -0.05) is 13.8 Å². The highest BCUT2D eigenvalue weighted by atomic mass is 16.4. The minimum absolute atomic E-state index is 0.297. The molecule has 0 radical (unpaired) electrons. The molecule has 7 heteroatoms. The fourth-order valence-corrected chi connectivity index (χ4v) is 3.22. The summed E-state index contributed by atoms with van der Waals surface area (Å²) in [6.07, 6.45) is 3.29. The van der Waals surface area contributed by atoms with Gasteiger partial charge in [0, 0.05) is 18.3 Å². The van der Waals surface area contributed by atoms with Gasteiger partial charge in [0.2, 0.25) is 0 Å². The molecule has 1 aliphatic rings. The minimum atomic E-state index is -0.803. The average Bonchev–Trinajstić information content (AvgIpc) is 2.83. The molecule has 112 valence electrons. The smallest absolute Gasteiger partial charge is 0.326 e. The standard InChI is InChI=1S/C14H19N5O2/c1-9-7-10(19-13(17-9)15-8-16-19)18-6-4-5-14(2,3)11(18)12(20)21/h7-8,11H,4-6H2,1-3H3,(H,20,21). The van der Waals surface area contributed by atoms with E-state index < -0.39 is 12.0 Å². The third-order valence-corrected chi connectivity index (χ3v) is 4.16. The molecule has 2 aromatic rings. The van der Waals surface area contributed by atoms with Crippen LogP contribution in [-0.4, -0.2) is 43.2 Å². The monoisotopic (exact) mass is 289 g/mol. The molecule has 1 saturated heterocycles. The molecule has 2 aromatic heterocycles. The fourth-order valence-electron chi connectivity index (χ4n) is 3.22. The van der Waals surface area contributed by atoms with Crippen molar-refractivity contribution in [3.8, 4) is 0 Å². The van der Waals surface area contributed by atoms with Gasteiger partial charge >= 0.3 is 5.97 Å². The van der Waals surface area contributed by atoms with Crippen LogP contribution < -0.4 is 4.90 Å². The number of rotatable bonds is 2. The lowest BCUT2D eigenvalue weighted by atomic mass is 9.76. The van der Waals surface area contributed by atoms with E-state index in [-0.39, 0.29) is 5.41 Å². The molecule has 0 aliphatic carbocycles. The molecule has 1 N–H and O–H groups in total. The Morgan fingerprint density at radius 3 is 2.95 bits per heavy atom. The Morgan fingerprint density at radius 2 is 2.24 bits per heavy atom. The molecular weight excluding hydrogens is 270 g/mol. The van der Waals surface area contributed by atoms with Crippen LogP contribution in [0.3, 0.4) is 0 Å². The number of fused-ring (bicyclic) bond motifs is 1. The molecule has 0 aromatic carbocycles. The van der Waals surface area contributed by atoms with Crippen LogP contribution in [-0.2, 0) is 4.79 Å². The molecule has 1 aliphatic heterocycles. The van der Waals surface area contributed by atoms with Gasteiger partial charge in [0.1, 0.15) is 18.2 Å². The summed E-state index contributed by atoms with van der Waals surface area (Å²) in [7, 11) is 0. The quantitative estimate of drug-likeness (QED) is 0.902. The summed E-state index contributed by atoms with van der Waals surface area (Å²) in [5, 5.41) is 13.9. The van der Waals surface area contributed by atoms with E-state index >= 15 is 0 Å². The largest absolute Gasteiger partial charge is 0.480 e. The van der Waals surface area contributed by atoms with Crippen LogP contribution in [0.25, 0.3) is 5.78 Å². The molecule has 0 amide bonds. The number of aromatic nitrogens is 4. The Bertz CT molecular complexity index is 694. The van der Waals surface area contributed by atoms with Crippen molar-refractivity contribution in [2.24, 2.45) is 5.41 Å². The molecule has 0 saturated carbocycles. The first-order valence-corrected chi connectivity index (χ1v) is 7.07. The summed E-state index contributed by atoms with van der Waals surface area (Å²) in [5.74, 6) is 0.440. The molecule has 1 atom stereocenters. The van der Waals surface area contributed by atoms with E-state index in [4.69, 9.17) is 0 Å². The SMILES string of the molecule is Cc1cc(N2CCCC(C)(C)C2C(=O)O)n2ncnc2n1. The van der Waals surface area contributed by atoms with Crippen LogP contribution >= 0.6 is 0 Å². The van der Waals surface area contributed by atoms with E-state index in [0.29, 0.717) is 12.3 Å². The number of carbonyl (C=O) groups is 1. The van der Waals surface area contributed by atoms with Crippen molar-refractivity contribution in [3.05, 3.63) is 18.1 Å². The highest BCUT2D eigenvalue weighted by molar-refractivity contribution is 5.79. The first-order valence-electron chi connectivity index (χ1n) is 7.07. The van der Waals surface area contributed by atoms with Crippen molar-refractivity contribution in [3.63, 3.8) is 0 Å².